The Balaban J connectivity index is 2.02. The van der Waals surface area contributed by atoms with Gasteiger partial charge in [-0.1, -0.05) is 31.5 Å². The molecule has 0 saturated heterocycles. The number of carbonyl (C=O) groups excluding carboxylic acids is 1. The highest BCUT2D eigenvalue weighted by Crippen LogP contribution is 2.21. The summed E-state index contributed by atoms with van der Waals surface area (Å²) in [5, 5.41) is 2.64. The molecule has 0 atom stereocenters. The summed E-state index contributed by atoms with van der Waals surface area (Å²) in [6, 6.07) is 10.8. The molecule has 0 fully saturated rings. The van der Waals surface area contributed by atoms with Crippen LogP contribution in [0.25, 0.3) is 0 Å². The Kier molecular flexibility index (Phi) is 7.53. The van der Waals surface area contributed by atoms with Crippen LogP contribution in [-0.4, -0.2) is 44.9 Å². The molecule has 152 valence electrons. The van der Waals surface area contributed by atoms with Crippen molar-refractivity contribution in [2.75, 3.05) is 26.2 Å². The molecule has 0 aliphatic rings. The number of rotatable bonds is 9. The Morgan fingerprint density at radius 1 is 1.11 bits per heavy atom. The third kappa shape index (κ3) is 5.30. The van der Waals surface area contributed by atoms with Crippen molar-refractivity contribution < 1.29 is 22.3 Å². The smallest absolute Gasteiger partial charge is 0.251 e. The average molecular weight is 408 g/mol. The first-order chi connectivity index (χ1) is 13.3. The van der Waals surface area contributed by atoms with Gasteiger partial charge in [-0.15, -0.1) is 0 Å². The van der Waals surface area contributed by atoms with Crippen LogP contribution in [0.1, 0.15) is 29.8 Å². The van der Waals surface area contributed by atoms with Crippen molar-refractivity contribution in [3.63, 3.8) is 0 Å². The van der Waals surface area contributed by atoms with Gasteiger partial charge in [0.15, 0.2) is 0 Å². The number of halogens is 1. The van der Waals surface area contributed by atoms with Crippen LogP contribution in [0, 0.1) is 12.7 Å². The van der Waals surface area contributed by atoms with Crippen molar-refractivity contribution >= 4 is 15.9 Å². The molecular weight excluding hydrogens is 383 g/mol. The van der Waals surface area contributed by atoms with E-state index in [-0.39, 0.29) is 31.8 Å². The lowest BCUT2D eigenvalue weighted by molar-refractivity contribution is 0.0946. The molecule has 2 aromatic rings. The molecule has 28 heavy (non-hydrogen) atoms. The summed E-state index contributed by atoms with van der Waals surface area (Å²) in [6.07, 6.45) is 0. The summed E-state index contributed by atoms with van der Waals surface area (Å²) < 4.78 is 45.9. The normalized spacial score (nSPS) is 11.5. The summed E-state index contributed by atoms with van der Waals surface area (Å²) in [5.74, 6) is -0.691. The number of benzene rings is 2. The van der Waals surface area contributed by atoms with Gasteiger partial charge in [0.2, 0.25) is 10.0 Å². The maximum atomic E-state index is 14.1. The zero-order valence-corrected chi connectivity index (χ0v) is 17.1. The zero-order chi connectivity index (χ0) is 20.7. The van der Waals surface area contributed by atoms with E-state index in [2.05, 4.69) is 5.32 Å². The van der Waals surface area contributed by atoms with E-state index in [9.17, 15) is 17.6 Å². The second kappa shape index (κ2) is 9.66. The van der Waals surface area contributed by atoms with Crippen LogP contribution in [0.5, 0.6) is 5.75 Å². The number of amides is 1. The summed E-state index contributed by atoms with van der Waals surface area (Å²) in [7, 11) is -4.00. The first-order valence-corrected chi connectivity index (χ1v) is 10.5. The van der Waals surface area contributed by atoms with Crippen molar-refractivity contribution in [3.05, 3.63) is 59.4 Å². The van der Waals surface area contributed by atoms with Crippen molar-refractivity contribution in [2.45, 2.75) is 25.7 Å². The first-order valence-electron chi connectivity index (χ1n) is 9.07. The fourth-order valence-corrected chi connectivity index (χ4v) is 4.16. The van der Waals surface area contributed by atoms with E-state index in [0.29, 0.717) is 5.75 Å². The number of nitrogens with one attached hydrogen (secondary N) is 1. The number of hydrogen-bond acceptors (Lipinski definition) is 4. The van der Waals surface area contributed by atoms with Crippen molar-refractivity contribution in [3.8, 4) is 5.75 Å². The van der Waals surface area contributed by atoms with Gasteiger partial charge in [0.1, 0.15) is 23.1 Å². The monoisotopic (exact) mass is 408 g/mol. The number of nitrogens with zero attached hydrogens (tertiary/aromatic N) is 1. The molecule has 8 heteroatoms. The SMILES string of the molecule is CCN(CC)S(=O)(=O)c1cc(C(=O)NCCOc2ccc(C)cc2)ccc1F. The Bertz CT molecular complexity index is 910. The minimum Gasteiger partial charge on any atom is -0.492 e. The van der Waals surface area contributed by atoms with Gasteiger partial charge in [-0.05, 0) is 37.3 Å². The Hall–Kier alpha value is -2.45. The van der Waals surface area contributed by atoms with Gasteiger partial charge in [0.25, 0.3) is 5.91 Å². The number of aryl methyl sites for hydroxylation is 1. The Morgan fingerprint density at radius 3 is 2.36 bits per heavy atom. The van der Waals surface area contributed by atoms with E-state index in [0.717, 1.165) is 22.0 Å². The van der Waals surface area contributed by atoms with Gasteiger partial charge in [-0.3, -0.25) is 4.79 Å². The lowest BCUT2D eigenvalue weighted by Gasteiger charge is -2.19. The molecule has 2 rings (SSSR count). The molecular formula is C20H25FN2O4S. The average Bonchev–Trinajstić information content (AvgIpc) is 2.67. The molecule has 1 N–H and O–H groups in total. The predicted octanol–water partition coefficient (Wildman–Crippen LogP) is 2.97. The van der Waals surface area contributed by atoms with Crippen LogP contribution >= 0.6 is 0 Å². The molecule has 0 aliphatic heterocycles. The third-order valence-corrected chi connectivity index (χ3v) is 6.26. The van der Waals surface area contributed by atoms with Crippen LogP contribution in [-0.2, 0) is 10.0 Å². The van der Waals surface area contributed by atoms with Gasteiger partial charge >= 0.3 is 0 Å². The summed E-state index contributed by atoms with van der Waals surface area (Å²) in [5.41, 5.74) is 1.19. The number of sulfonamides is 1. The van der Waals surface area contributed by atoms with Crippen LogP contribution in [0.4, 0.5) is 4.39 Å². The van der Waals surface area contributed by atoms with Gasteiger partial charge in [0, 0.05) is 18.7 Å². The minimum absolute atomic E-state index is 0.0717. The molecule has 6 nitrogen and oxygen atoms in total. The molecule has 0 aromatic heterocycles. The number of ether oxygens (including phenoxy) is 1. The maximum absolute atomic E-state index is 14.1. The maximum Gasteiger partial charge on any atom is 0.251 e. The van der Waals surface area contributed by atoms with Crippen LogP contribution < -0.4 is 10.1 Å². The molecule has 0 unspecified atom stereocenters. The van der Waals surface area contributed by atoms with Crippen LogP contribution in [0.2, 0.25) is 0 Å². The summed E-state index contributed by atoms with van der Waals surface area (Å²) in [4.78, 5) is 11.8. The van der Waals surface area contributed by atoms with Gasteiger partial charge in [-0.2, -0.15) is 4.31 Å². The van der Waals surface area contributed by atoms with E-state index >= 15 is 0 Å². The van der Waals surface area contributed by atoms with Gasteiger partial charge < -0.3 is 10.1 Å². The standard InChI is InChI=1S/C20H25FN2O4S/c1-4-23(5-2)28(25,26)19-14-16(8-11-18(19)21)20(24)22-12-13-27-17-9-6-15(3)7-10-17/h6-11,14H,4-5,12-13H2,1-3H3,(H,22,24). The zero-order valence-electron chi connectivity index (χ0n) is 16.2. The first kappa shape index (κ1) is 21.8. The summed E-state index contributed by atoms with van der Waals surface area (Å²) >= 11 is 0. The quantitative estimate of drug-likeness (QED) is 0.648. The van der Waals surface area contributed by atoms with Crippen molar-refractivity contribution in [2.24, 2.45) is 0 Å². The predicted molar refractivity (Wildman–Crippen MR) is 106 cm³/mol. The molecule has 0 radical (unpaired) electrons. The molecule has 0 saturated carbocycles. The van der Waals surface area contributed by atoms with E-state index in [4.69, 9.17) is 4.74 Å². The molecule has 0 heterocycles. The molecule has 2 aromatic carbocycles. The minimum atomic E-state index is -4.00. The molecule has 0 bridgehead atoms. The third-order valence-electron chi connectivity index (χ3n) is 4.19. The Labute approximate surface area is 165 Å². The second-order valence-electron chi connectivity index (χ2n) is 6.15. The van der Waals surface area contributed by atoms with Crippen molar-refractivity contribution in [1.29, 1.82) is 0 Å². The van der Waals surface area contributed by atoms with Crippen LogP contribution in [0.15, 0.2) is 47.4 Å². The fourth-order valence-electron chi connectivity index (χ4n) is 2.61. The van der Waals surface area contributed by atoms with E-state index in [1.54, 1.807) is 13.8 Å². The van der Waals surface area contributed by atoms with E-state index in [1.807, 2.05) is 31.2 Å². The highest BCUT2D eigenvalue weighted by molar-refractivity contribution is 7.89. The van der Waals surface area contributed by atoms with Gasteiger partial charge in [0.05, 0.1) is 6.54 Å². The second-order valence-corrected chi connectivity index (χ2v) is 8.06. The Morgan fingerprint density at radius 2 is 1.75 bits per heavy atom. The molecule has 0 spiro atoms. The van der Waals surface area contributed by atoms with Crippen LogP contribution in [0.3, 0.4) is 0 Å². The summed E-state index contributed by atoms with van der Waals surface area (Å²) in [6.45, 7) is 6.22. The number of hydrogen-bond donors (Lipinski definition) is 1. The fraction of sp³-hybridized carbons (Fsp3) is 0.350. The molecule has 0 aliphatic carbocycles. The highest BCUT2D eigenvalue weighted by Gasteiger charge is 2.26. The van der Waals surface area contributed by atoms with Gasteiger partial charge in [-0.25, -0.2) is 12.8 Å². The van der Waals surface area contributed by atoms with Crippen molar-refractivity contribution in [1.82, 2.24) is 9.62 Å². The lowest BCUT2D eigenvalue weighted by Crippen LogP contribution is -2.32. The molecule has 1 amide bonds. The largest absolute Gasteiger partial charge is 0.492 e. The van der Waals surface area contributed by atoms with E-state index < -0.39 is 26.6 Å². The lowest BCUT2D eigenvalue weighted by atomic mass is 10.2. The van der Waals surface area contributed by atoms with E-state index in [1.165, 1.54) is 6.07 Å². The topological polar surface area (TPSA) is 75.7 Å². The highest BCUT2D eigenvalue weighted by atomic mass is 32.2. The number of carbonyl (C=O) groups is 1.